The van der Waals surface area contributed by atoms with Gasteiger partial charge in [-0.25, -0.2) is 0 Å². The third kappa shape index (κ3) is 25.0. The molecule has 7 unspecified atom stereocenters. The summed E-state index contributed by atoms with van der Waals surface area (Å²) in [6.07, 6.45) is 28.8. The minimum Gasteiger partial charge on any atom is -0.394 e. The summed E-state index contributed by atoms with van der Waals surface area (Å²) in [5.74, 6) is -0.155. The molecule has 1 heterocycles. The van der Waals surface area contributed by atoms with Crippen LogP contribution in [0.5, 0.6) is 0 Å². The molecule has 1 rings (SSSR count). The van der Waals surface area contributed by atoms with Crippen LogP contribution in [-0.2, 0) is 14.3 Å². The van der Waals surface area contributed by atoms with Crippen LogP contribution in [0.25, 0.3) is 0 Å². The van der Waals surface area contributed by atoms with Crippen molar-refractivity contribution in [3.63, 3.8) is 0 Å². The Morgan fingerprint density at radius 1 is 0.588 bits per heavy atom. The van der Waals surface area contributed by atoms with E-state index in [1.807, 2.05) is 0 Å². The van der Waals surface area contributed by atoms with Gasteiger partial charge < -0.3 is 40.3 Å². The van der Waals surface area contributed by atoms with Crippen molar-refractivity contribution in [3.05, 3.63) is 0 Å². The van der Waals surface area contributed by atoms with Crippen LogP contribution in [0.2, 0.25) is 0 Å². The van der Waals surface area contributed by atoms with Crippen molar-refractivity contribution < 1.29 is 39.8 Å². The highest BCUT2D eigenvalue weighted by Gasteiger charge is 2.44. The molecule has 0 bridgehead atoms. The summed E-state index contributed by atoms with van der Waals surface area (Å²) in [7, 11) is 0. The lowest BCUT2D eigenvalue weighted by atomic mass is 9.99. The van der Waals surface area contributed by atoms with Crippen LogP contribution in [-0.4, -0.2) is 87.5 Å². The van der Waals surface area contributed by atoms with E-state index in [0.29, 0.717) is 12.8 Å². The monoisotopic (exact) mass is 730 g/mol. The number of nitrogens with one attached hydrogen (secondary N) is 1. The molecule has 1 amide bonds. The molecule has 0 radical (unpaired) electrons. The lowest BCUT2D eigenvalue weighted by molar-refractivity contribution is -0.302. The SMILES string of the molecule is CCCCCCCCCCCCCCCCCCCCCCCCCC(O)C(COC1OC(CO)C(O)C(O)C1O)NC(=O)CCCCCCC. The fourth-order valence-electron chi connectivity index (χ4n) is 7.16. The summed E-state index contributed by atoms with van der Waals surface area (Å²) in [5.41, 5.74) is 0. The quantitative estimate of drug-likeness (QED) is 0.0353. The molecule has 7 atom stereocenters. The number of amides is 1. The van der Waals surface area contributed by atoms with E-state index in [1.54, 1.807) is 0 Å². The molecule has 0 aromatic heterocycles. The van der Waals surface area contributed by atoms with Gasteiger partial charge in [0.05, 0.1) is 25.4 Å². The maximum absolute atomic E-state index is 12.7. The number of ether oxygens (including phenoxy) is 2. The van der Waals surface area contributed by atoms with Crippen LogP contribution in [0.15, 0.2) is 0 Å². The maximum Gasteiger partial charge on any atom is 0.220 e. The first-order valence-corrected chi connectivity index (χ1v) is 21.7. The molecule has 1 aliphatic rings. The van der Waals surface area contributed by atoms with Crippen molar-refractivity contribution in [1.29, 1.82) is 0 Å². The van der Waals surface area contributed by atoms with Gasteiger partial charge in [-0.15, -0.1) is 0 Å². The number of aliphatic hydroxyl groups excluding tert-OH is 5. The molecule has 1 aliphatic heterocycles. The van der Waals surface area contributed by atoms with Crippen LogP contribution in [0.4, 0.5) is 0 Å². The van der Waals surface area contributed by atoms with Gasteiger partial charge >= 0.3 is 0 Å². The first kappa shape index (κ1) is 48.2. The standard InChI is InChI=1S/C42H83NO8/c1-3-5-7-9-10-11-12-13-14-15-16-17-18-19-20-21-22-23-24-25-26-28-29-31-36(45)35(43-38(46)32-30-27-8-6-4-2)34-50-42-41(49)40(48)39(47)37(33-44)51-42/h35-37,39-42,44-45,47-49H,3-34H2,1-2H3,(H,43,46). The van der Waals surface area contributed by atoms with Crippen LogP contribution in [0, 0.1) is 0 Å². The van der Waals surface area contributed by atoms with Crippen LogP contribution < -0.4 is 5.32 Å². The van der Waals surface area contributed by atoms with E-state index in [9.17, 15) is 30.3 Å². The summed E-state index contributed by atoms with van der Waals surface area (Å²) >= 11 is 0. The molecule has 51 heavy (non-hydrogen) atoms. The molecular weight excluding hydrogens is 646 g/mol. The molecule has 0 aromatic carbocycles. The molecule has 0 aliphatic carbocycles. The number of rotatable bonds is 36. The zero-order chi connectivity index (χ0) is 37.4. The zero-order valence-corrected chi connectivity index (χ0v) is 33.1. The van der Waals surface area contributed by atoms with Crippen LogP contribution >= 0.6 is 0 Å². The Morgan fingerprint density at radius 3 is 1.39 bits per heavy atom. The molecule has 0 saturated carbocycles. The molecule has 0 aromatic rings. The Labute approximate surface area is 313 Å². The van der Waals surface area contributed by atoms with Crippen molar-refractivity contribution in [1.82, 2.24) is 5.32 Å². The Kier molecular flexibility index (Phi) is 31.9. The van der Waals surface area contributed by atoms with Gasteiger partial charge in [-0.1, -0.05) is 187 Å². The van der Waals surface area contributed by atoms with E-state index in [4.69, 9.17) is 9.47 Å². The second-order valence-corrected chi connectivity index (χ2v) is 15.5. The summed E-state index contributed by atoms with van der Waals surface area (Å²) < 4.78 is 11.2. The minimum absolute atomic E-state index is 0.134. The highest BCUT2D eigenvalue weighted by Crippen LogP contribution is 2.23. The van der Waals surface area contributed by atoms with E-state index in [0.717, 1.165) is 51.4 Å². The van der Waals surface area contributed by atoms with Crippen molar-refractivity contribution >= 4 is 5.91 Å². The van der Waals surface area contributed by atoms with Gasteiger partial charge in [0, 0.05) is 6.42 Å². The summed E-state index contributed by atoms with van der Waals surface area (Å²) in [6, 6.07) is -0.708. The van der Waals surface area contributed by atoms with Crippen LogP contribution in [0.3, 0.4) is 0 Å². The molecule has 9 nitrogen and oxygen atoms in total. The highest BCUT2D eigenvalue weighted by atomic mass is 16.7. The number of hydrogen-bond acceptors (Lipinski definition) is 8. The number of carbonyl (C=O) groups excluding carboxylic acids is 1. The second-order valence-electron chi connectivity index (χ2n) is 15.5. The first-order valence-electron chi connectivity index (χ1n) is 21.7. The first-order chi connectivity index (χ1) is 24.8. The number of hydrogen-bond donors (Lipinski definition) is 6. The van der Waals surface area contributed by atoms with Crippen molar-refractivity contribution in [2.24, 2.45) is 0 Å². The predicted octanol–water partition coefficient (Wildman–Crippen LogP) is 8.39. The minimum atomic E-state index is -1.55. The van der Waals surface area contributed by atoms with Gasteiger partial charge in [0.1, 0.15) is 24.4 Å². The summed E-state index contributed by atoms with van der Waals surface area (Å²) in [4.78, 5) is 12.7. The van der Waals surface area contributed by atoms with Crippen molar-refractivity contribution in [2.45, 2.75) is 249 Å². The normalized spacial score (nSPS) is 21.9. The van der Waals surface area contributed by atoms with Gasteiger partial charge in [0.25, 0.3) is 0 Å². The van der Waals surface area contributed by atoms with E-state index >= 15 is 0 Å². The van der Waals surface area contributed by atoms with E-state index in [2.05, 4.69) is 19.2 Å². The van der Waals surface area contributed by atoms with Gasteiger partial charge in [0.2, 0.25) is 5.91 Å². The smallest absolute Gasteiger partial charge is 0.220 e. The third-order valence-electron chi connectivity index (χ3n) is 10.7. The Bertz CT molecular complexity index is 771. The largest absolute Gasteiger partial charge is 0.394 e. The maximum atomic E-state index is 12.7. The molecule has 9 heteroatoms. The van der Waals surface area contributed by atoms with Crippen molar-refractivity contribution in [3.8, 4) is 0 Å². The zero-order valence-electron chi connectivity index (χ0n) is 33.1. The topological polar surface area (TPSA) is 149 Å². The van der Waals surface area contributed by atoms with Gasteiger partial charge in [-0.2, -0.15) is 0 Å². The average Bonchev–Trinajstić information content (AvgIpc) is 3.13. The Balaban J connectivity index is 2.16. The Hall–Kier alpha value is -0.810. The fraction of sp³-hybridized carbons (Fsp3) is 0.976. The molecule has 1 saturated heterocycles. The van der Waals surface area contributed by atoms with E-state index in [-0.39, 0.29) is 12.5 Å². The van der Waals surface area contributed by atoms with Crippen LogP contribution in [0.1, 0.15) is 206 Å². The Morgan fingerprint density at radius 2 is 0.980 bits per heavy atom. The molecular formula is C42H83NO8. The lowest BCUT2D eigenvalue weighted by Gasteiger charge is -2.40. The van der Waals surface area contributed by atoms with E-state index < -0.39 is 49.5 Å². The average molecular weight is 730 g/mol. The molecule has 6 N–H and O–H groups in total. The highest BCUT2D eigenvalue weighted by molar-refractivity contribution is 5.76. The lowest BCUT2D eigenvalue weighted by Crippen LogP contribution is -2.60. The van der Waals surface area contributed by atoms with Gasteiger partial charge in [-0.05, 0) is 12.8 Å². The van der Waals surface area contributed by atoms with Gasteiger partial charge in [-0.3, -0.25) is 4.79 Å². The number of unbranched alkanes of at least 4 members (excludes halogenated alkanes) is 26. The molecule has 1 fully saturated rings. The molecule has 0 spiro atoms. The van der Waals surface area contributed by atoms with Gasteiger partial charge in [0.15, 0.2) is 6.29 Å². The third-order valence-corrected chi connectivity index (χ3v) is 10.7. The number of carbonyl (C=O) groups is 1. The number of aliphatic hydroxyl groups is 5. The summed E-state index contributed by atoms with van der Waals surface area (Å²) in [5, 5.41) is 53.9. The van der Waals surface area contributed by atoms with Crippen molar-refractivity contribution in [2.75, 3.05) is 13.2 Å². The molecule has 304 valence electrons. The second kappa shape index (κ2) is 33.7. The predicted molar refractivity (Wildman–Crippen MR) is 208 cm³/mol. The summed E-state index contributed by atoms with van der Waals surface area (Å²) in [6.45, 7) is 3.75. The van der Waals surface area contributed by atoms with E-state index in [1.165, 1.54) is 128 Å². The fourth-order valence-corrected chi connectivity index (χ4v) is 7.16.